The Morgan fingerprint density at radius 3 is 2.07 bits per heavy atom. The molecule has 0 aliphatic rings. The van der Waals surface area contributed by atoms with Gasteiger partial charge in [0.05, 0.1) is 5.56 Å². The topological polar surface area (TPSA) is 34.1 Å². The van der Waals surface area contributed by atoms with E-state index in [1.807, 2.05) is 0 Å². The van der Waals surface area contributed by atoms with E-state index in [2.05, 4.69) is 31.9 Å². The van der Waals surface area contributed by atoms with Crippen molar-refractivity contribution in [3.05, 3.63) is 32.2 Å². The zero-order valence-electron chi connectivity index (χ0n) is 6.48. The lowest BCUT2D eigenvalue weighted by Crippen LogP contribution is -1.99. The molecule has 1 aromatic carbocycles. The Labute approximate surface area is 107 Å². The van der Waals surface area contributed by atoms with Crippen molar-refractivity contribution < 1.29 is 9.59 Å². The van der Waals surface area contributed by atoms with E-state index in [-0.39, 0.29) is 11.1 Å². The van der Waals surface area contributed by atoms with Gasteiger partial charge in [0.2, 0.25) is 0 Å². The summed E-state index contributed by atoms with van der Waals surface area (Å²) >= 11 is 16.9. The van der Waals surface area contributed by atoms with Crippen molar-refractivity contribution in [2.45, 2.75) is 0 Å². The smallest absolute Gasteiger partial charge is 0.254 e. The number of benzene rings is 1. The Balaban J connectivity index is 3.49. The molecule has 0 heterocycles. The van der Waals surface area contributed by atoms with Crippen molar-refractivity contribution in [1.82, 2.24) is 0 Å². The second-order valence-electron chi connectivity index (χ2n) is 2.33. The monoisotopic (exact) mass is 358 g/mol. The first-order chi connectivity index (χ1) is 6.45. The molecule has 0 atom stereocenters. The van der Waals surface area contributed by atoms with Crippen molar-refractivity contribution in [3.8, 4) is 0 Å². The van der Waals surface area contributed by atoms with Crippen LogP contribution in [0.15, 0.2) is 21.1 Å². The van der Waals surface area contributed by atoms with Crippen molar-refractivity contribution in [1.29, 1.82) is 0 Å². The molecule has 0 saturated heterocycles. The third-order valence-corrected chi connectivity index (χ3v) is 3.38. The fraction of sp³-hybridized carbons (Fsp3) is 0. The van der Waals surface area contributed by atoms with Crippen LogP contribution in [0.25, 0.3) is 0 Å². The molecule has 0 amide bonds. The van der Waals surface area contributed by atoms with Gasteiger partial charge in [-0.2, -0.15) is 0 Å². The maximum atomic E-state index is 11.0. The van der Waals surface area contributed by atoms with Crippen LogP contribution in [-0.4, -0.2) is 10.5 Å². The van der Waals surface area contributed by atoms with Crippen LogP contribution in [0, 0.1) is 0 Å². The molecule has 1 aromatic rings. The molecule has 0 bridgehead atoms. The highest BCUT2D eigenvalue weighted by atomic mass is 79.9. The molecule has 0 saturated carbocycles. The minimum Gasteiger partial charge on any atom is -0.276 e. The van der Waals surface area contributed by atoms with Crippen LogP contribution in [0.5, 0.6) is 0 Å². The van der Waals surface area contributed by atoms with Crippen LogP contribution in [-0.2, 0) is 0 Å². The molecule has 74 valence electrons. The van der Waals surface area contributed by atoms with E-state index in [4.69, 9.17) is 23.2 Å². The van der Waals surface area contributed by atoms with E-state index in [0.717, 1.165) is 0 Å². The minimum atomic E-state index is -0.663. The molecule has 0 aliphatic heterocycles. The minimum absolute atomic E-state index is 0.193. The van der Waals surface area contributed by atoms with Crippen molar-refractivity contribution in [3.63, 3.8) is 0 Å². The Kier molecular flexibility index (Phi) is 4.13. The van der Waals surface area contributed by atoms with Crippen molar-refractivity contribution >= 4 is 65.5 Å². The van der Waals surface area contributed by atoms with Gasteiger partial charge < -0.3 is 0 Å². The molecule has 0 N–H and O–H groups in total. The van der Waals surface area contributed by atoms with Gasteiger partial charge in [-0.15, -0.1) is 0 Å². The first-order valence-electron chi connectivity index (χ1n) is 3.32. The zero-order valence-corrected chi connectivity index (χ0v) is 11.2. The Bertz CT molecular complexity index is 418. The summed E-state index contributed by atoms with van der Waals surface area (Å²) in [5, 5.41) is -1.31. The van der Waals surface area contributed by atoms with E-state index in [0.29, 0.717) is 8.95 Å². The third-order valence-electron chi connectivity index (χ3n) is 1.50. The molecule has 0 fully saturated rings. The van der Waals surface area contributed by atoms with Crippen LogP contribution in [0.1, 0.15) is 20.7 Å². The van der Waals surface area contributed by atoms with Gasteiger partial charge in [0.1, 0.15) is 0 Å². The van der Waals surface area contributed by atoms with Crippen molar-refractivity contribution in [2.75, 3.05) is 0 Å². The average Bonchev–Trinajstić information content (AvgIpc) is 2.02. The number of hydrogen-bond acceptors (Lipinski definition) is 2. The lowest BCUT2D eigenvalue weighted by atomic mass is 10.1. The number of hydrogen-bond donors (Lipinski definition) is 0. The molecule has 2 nitrogen and oxygen atoms in total. The fourth-order valence-corrected chi connectivity index (χ4v) is 3.06. The predicted octanol–water partition coefficient (Wildman–Crippen LogP) is 3.97. The van der Waals surface area contributed by atoms with Gasteiger partial charge in [-0.1, -0.05) is 0 Å². The van der Waals surface area contributed by atoms with Crippen molar-refractivity contribution in [2.24, 2.45) is 0 Å². The first-order valence-corrected chi connectivity index (χ1v) is 5.67. The molecule has 0 unspecified atom stereocenters. The molecule has 1 rings (SSSR count). The molecule has 0 aromatic heterocycles. The summed E-state index contributed by atoms with van der Waals surface area (Å²) < 4.78 is 0.804. The predicted molar refractivity (Wildman–Crippen MR) is 62.2 cm³/mol. The molecule has 6 heteroatoms. The standard InChI is InChI=1S/C8H2Br2Cl2O2/c9-4-2-1-3(7(11)13)6(10)5(4)8(12)14/h1-2H. The van der Waals surface area contributed by atoms with Crippen LogP contribution < -0.4 is 0 Å². The van der Waals surface area contributed by atoms with Gasteiger partial charge in [-0.3, -0.25) is 9.59 Å². The van der Waals surface area contributed by atoms with Gasteiger partial charge in [-0.25, -0.2) is 0 Å². The maximum absolute atomic E-state index is 11.0. The first kappa shape index (κ1) is 12.2. The normalized spacial score (nSPS) is 10.0. The number of rotatable bonds is 2. The number of carbonyl (C=O) groups is 2. The molecular formula is C8H2Br2Cl2O2. The van der Waals surface area contributed by atoms with E-state index in [9.17, 15) is 9.59 Å². The van der Waals surface area contributed by atoms with Crippen LogP contribution >= 0.6 is 55.1 Å². The second kappa shape index (κ2) is 4.75. The fourth-order valence-electron chi connectivity index (χ4n) is 0.884. The Morgan fingerprint density at radius 1 is 1.07 bits per heavy atom. The van der Waals surface area contributed by atoms with Crippen LogP contribution in [0.3, 0.4) is 0 Å². The SMILES string of the molecule is O=C(Cl)c1ccc(Br)c(C(=O)Cl)c1Br. The summed E-state index contributed by atoms with van der Waals surface area (Å²) in [4.78, 5) is 21.9. The van der Waals surface area contributed by atoms with E-state index in [1.165, 1.54) is 12.1 Å². The van der Waals surface area contributed by atoms with Gasteiger partial charge in [0.15, 0.2) is 0 Å². The molecular weight excluding hydrogens is 359 g/mol. The van der Waals surface area contributed by atoms with E-state index < -0.39 is 10.5 Å². The van der Waals surface area contributed by atoms with Crippen LogP contribution in [0.2, 0.25) is 0 Å². The highest BCUT2D eigenvalue weighted by Gasteiger charge is 2.17. The number of carbonyl (C=O) groups excluding carboxylic acids is 2. The molecule has 0 radical (unpaired) electrons. The maximum Gasteiger partial charge on any atom is 0.254 e. The Morgan fingerprint density at radius 2 is 1.64 bits per heavy atom. The van der Waals surface area contributed by atoms with Gasteiger partial charge in [0, 0.05) is 14.5 Å². The van der Waals surface area contributed by atoms with Crippen LogP contribution in [0.4, 0.5) is 0 Å². The highest BCUT2D eigenvalue weighted by Crippen LogP contribution is 2.30. The lowest BCUT2D eigenvalue weighted by Gasteiger charge is -2.05. The lowest BCUT2D eigenvalue weighted by molar-refractivity contribution is 0.107. The molecule has 14 heavy (non-hydrogen) atoms. The average molecular weight is 361 g/mol. The summed E-state index contributed by atoms with van der Waals surface area (Å²) in [7, 11) is 0. The molecule has 0 spiro atoms. The third kappa shape index (κ3) is 2.37. The van der Waals surface area contributed by atoms with E-state index in [1.54, 1.807) is 0 Å². The second-order valence-corrected chi connectivity index (χ2v) is 4.67. The van der Waals surface area contributed by atoms with Gasteiger partial charge in [-0.05, 0) is 67.2 Å². The highest BCUT2D eigenvalue weighted by molar-refractivity contribution is 9.11. The number of halogens is 4. The summed E-state index contributed by atoms with van der Waals surface area (Å²) in [5.41, 5.74) is 0.400. The zero-order chi connectivity index (χ0) is 10.9. The largest absolute Gasteiger partial charge is 0.276 e. The summed E-state index contributed by atoms with van der Waals surface area (Å²) in [6, 6.07) is 3.03. The van der Waals surface area contributed by atoms with Gasteiger partial charge >= 0.3 is 0 Å². The summed E-state index contributed by atoms with van der Waals surface area (Å²) in [6.07, 6.45) is 0. The molecule has 0 aliphatic carbocycles. The Hall–Kier alpha value is 0.1000. The summed E-state index contributed by atoms with van der Waals surface area (Å²) in [6.45, 7) is 0. The van der Waals surface area contributed by atoms with Gasteiger partial charge in [0.25, 0.3) is 10.5 Å². The summed E-state index contributed by atoms with van der Waals surface area (Å²) in [5.74, 6) is 0. The van der Waals surface area contributed by atoms with E-state index >= 15 is 0 Å². The quantitative estimate of drug-likeness (QED) is 0.748.